The van der Waals surface area contributed by atoms with Gasteiger partial charge in [-0.15, -0.1) is 0 Å². The summed E-state index contributed by atoms with van der Waals surface area (Å²) in [6.45, 7) is 3.73. The van der Waals surface area contributed by atoms with Gasteiger partial charge in [-0.25, -0.2) is 0 Å². The lowest BCUT2D eigenvalue weighted by atomic mass is 9.93. The number of carbonyl (C=O) groups is 1. The average molecular weight is 271 g/mol. The van der Waals surface area contributed by atoms with Gasteiger partial charge in [-0.05, 0) is 31.0 Å². The quantitative estimate of drug-likeness (QED) is 0.718. The van der Waals surface area contributed by atoms with Crippen molar-refractivity contribution in [2.24, 2.45) is 0 Å². The summed E-state index contributed by atoms with van der Waals surface area (Å²) in [5.74, 6) is -0.312. The van der Waals surface area contributed by atoms with Gasteiger partial charge in [0.15, 0.2) is 0 Å². The highest BCUT2D eigenvalue weighted by Gasteiger charge is 2.28. The van der Waals surface area contributed by atoms with Gasteiger partial charge in [0.25, 0.3) is 5.91 Å². The molecule has 1 aromatic carbocycles. The second-order valence-electron chi connectivity index (χ2n) is 4.33. The molecular weight excluding hydrogens is 252 g/mol. The first-order valence-corrected chi connectivity index (χ1v) is 6.34. The van der Waals surface area contributed by atoms with E-state index in [0.717, 1.165) is 0 Å². The summed E-state index contributed by atoms with van der Waals surface area (Å²) >= 11 is 5.85. The molecule has 0 aliphatic carbocycles. The third-order valence-corrected chi connectivity index (χ3v) is 3.53. The first-order valence-electron chi connectivity index (χ1n) is 5.96. The Hall–Kier alpha value is -1.26. The molecule has 0 bridgehead atoms. The molecule has 0 fully saturated rings. The zero-order chi connectivity index (χ0) is 13.8. The maximum Gasteiger partial charge on any atom is 0.253 e. The standard InChI is InChI=1S/C13H19ClN2O2/c1-3-13(4-2,8-17)16-12(18)10-7-9(14)5-6-11(10)15/h5-7,17H,3-4,8,15H2,1-2H3,(H,16,18). The highest BCUT2D eigenvalue weighted by Crippen LogP contribution is 2.20. The van der Waals surface area contributed by atoms with Gasteiger partial charge >= 0.3 is 0 Å². The van der Waals surface area contributed by atoms with Crippen molar-refractivity contribution < 1.29 is 9.90 Å². The fourth-order valence-corrected chi connectivity index (χ4v) is 1.90. The maximum atomic E-state index is 12.1. The molecule has 0 atom stereocenters. The van der Waals surface area contributed by atoms with Gasteiger partial charge in [0.05, 0.1) is 17.7 Å². The summed E-state index contributed by atoms with van der Waals surface area (Å²) < 4.78 is 0. The molecule has 0 saturated carbocycles. The van der Waals surface area contributed by atoms with Crippen LogP contribution in [0.3, 0.4) is 0 Å². The van der Waals surface area contributed by atoms with Crippen molar-refractivity contribution >= 4 is 23.2 Å². The number of carbonyl (C=O) groups excluding carboxylic acids is 1. The minimum atomic E-state index is -0.605. The fourth-order valence-electron chi connectivity index (χ4n) is 1.72. The predicted molar refractivity (Wildman–Crippen MR) is 73.7 cm³/mol. The number of benzene rings is 1. The zero-order valence-corrected chi connectivity index (χ0v) is 11.4. The summed E-state index contributed by atoms with van der Waals surface area (Å²) in [5.41, 5.74) is 5.85. The number of nitrogens with one attached hydrogen (secondary N) is 1. The minimum Gasteiger partial charge on any atom is -0.398 e. The first kappa shape index (κ1) is 14.8. The van der Waals surface area contributed by atoms with Crippen molar-refractivity contribution in [2.45, 2.75) is 32.2 Å². The van der Waals surface area contributed by atoms with E-state index in [4.69, 9.17) is 17.3 Å². The van der Waals surface area contributed by atoms with Gasteiger partial charge in [-0.2, -0.15) is 0 Å². The molecule has 0 aliphatic rings. The summed E-state index contributed by atoms with van der Waals surface area (Å²) in [7, 11) is 0. The van der Waals surface area contributed by atoms with E-state index in [1.807, 2.05) is 13.8 Å². The lowest BCUT2D eigenvalue weighted by molar-refractivity contribution is 0.0818. The Morgan fingerprint density at radius 2 is 2.06 bits per heavy atom. The predicted octanol–water partition coefficient (Wildman–Crippen LogP) is 2.20. The average Bonchev–Trinajstić information content (AvgIpc) is 2.38. The van der Waals surface area contributed by atoms with E-state index in [2.05, 4.69) is 5.32 Å². The van der Waals surface area contributed by atoms with E-state index >= 15 is 0 Å². The number of nitrogen functional groups attached to an aromatic ring is 1. The number of aliphatic hydroxyl groups excluding tert-OH is 1. The molecule has 0 radical (unpaired) electrons. The highest BCUT2D eigenvalue weighted by atomic mass is 35.5. The second-order valence-corrected chi connectivity index (χ2v) is 4.77. The fraction of sp³-hybridized carbons (Fsp3) is 0.462. The summed E-state index contributed by atoms with van der Waals surface area (Å²) in [6.07, 6.45) is 1.29. The van der Waals surface area contributed by atoms with Crippen LogP contribution in [-0.2, 0) is 0 Å². The van der Waals surface area contributed by atoms with Crippen LogP contribution in [-0.4, -0.2) is 23.2 Å². The van der Waals surface area contributed by atoms with Crippen molar-refractivity contribution in [1.29, 1.82) is 0 Å². The number of rotatable bonds is 5. The SMILES string of the molecule is CCC(CC)(CO)NC(=O)c1cc(Cl)ccc1N. The van der Waals surface area contributed by atoms with Crippen LogP contribution in [0.2, 0.25) is 5.02 Å². The lowest BCUT2D eigenvalue weighted by Crippen LogP contribution is -2.50. The lowest BCUT2D eigenvalue weighted by Gasteiger charge is -2.30. The van der Waals surface area contributed by atoms with Gasteiger partial charge in [0.1, 0.15) is 0 Å². The van der Waals surface area contributed by atoms with Crippen LogP contribution in [0.5, 0.6) is 0 Å². The molecule has 100 valence electrons. The number of hydrogen-bond acceptors (Lipinski definition) is 3. The molecule has 1 rings (SSSR count). The maximum absolute atomic E-state index is 12.1. The van der Waals surface area contributed by atoms with Crippen molar-refractivity contribution in [1.82, 2.24) is 5.32 Å². The van der Waals surface area contributed by atoms with Crippen LogP contribution in [0.4, 0.5) is 5.69 Å². The van der Waals surface area contributed by atoms with Gasteiger partial charge in [-0.1, -0.05) is 25.4 Å². The molecule has 0 saturated heterocycles. The molecular formula is C13H19ClN2O2. The van der Waals surface area contributed by atoms with Crippen LogP contribution < -0.4 is 11.1 Å². The summed E-state index contributed by atoms with van der Waals surface area (Å²) in [5, 5.41) is 12.7. The largest absolute Gasteiger partial charge is 0.398 e. The zero-order valence-electron chi connectivity index (χ0n) is 10.7. The molecule has 0 aromatic heterocycles. The van der Waals surface area contributed by atoms with Gasteiger partial charge < -0.3 is 16.2 Å². The van der Waals surface area contributed by atoms with Crippen molar-refractivity contribution in [3.05, 3.63) is 28.8 Å². The Morgan fingerprint density at radius 1 is 1.44 bits per heavy atom. The van der Waals surface area contributed by atoms with E-state index in [1.165, 1.54) is 6.07 Å². The summed E-state index contributed by atoms with van der Waals surface area (Å²) in [6, 6.07) is 4.75. The number of nitrogens with two attached hydrogens (primary N) is 1. The Bertz CT molecular complexity index is 423. The third kappa shape index (κ3) is 3.15. The van der Waals surface area contributed by atoms with Crippen molar-refractivity contribution in [3.63, 3.8) is 0 Å². The number of amides is 1. The van der Waals surface area contributed by atoms with Gasteiger partial charge in [0.2, 0.25) is 0 Å². The van der Waals surface area contributed by atoms with Crippen LogP contribution in [0.25, 0.3) is 0 Å². The Labute approximate surface area is 112 Å². The smallest absolute Gasteiger partial charge is 0.253 e. The van der Waals surface area contributed by atoms with Gasteiger partial charge in [0, 0.05) is 10.7 Å². The molecule has 0 spiro atoms. The van der Waals surface area contributed by atoms with Gasteiger partial charge in [-0.3, -0.25) is 4.79 Å². The van der Waals surface area contributed by atoms with Crippen LogP contribution in [0, 0.1) is 0 Å². The molecule has 4 nitrogen and oxygen atoms in total. The number of aliphatic hydroxyl groups is 1. The highest BCUT2D eigenvalue weighted by molar-refractivity contribution is 6.31. The molecule has 0 aliphatic heterocycles. The first-order chi connectivity index (χ1) is 8.48. The third-order valence-electron chi connectivity index (χ3n) is 3.29. The van der Waals surface area contributed by atoms with Crippen LogP contribution in [0.15, 0.2) is 18.2 Å². The topological polar surface area (TPSA) is 75.3 Å². The number of halogens is 1. The van der Waals surface area contributed by atoms with E-state index < -0.39 is 5.54 Å². The molecule has 0 heterocycles. The summed E-state index contributed by atoms with van der Waals surface area (Å²) in [4.78, 5) is 12.1. The Balaban J connectivity index is 2.97. The monoisotopic (exact) mass is 270 g/mol. The molecule has 1 amide bonds. The molecule has 5 heteroatoms. The molecule has 4 N–H and O–H groups in total. The van der Waals surface area contributed by atoms with Crippen molar-refractivity contribution in [3.8, 4) is 0 Å². The minimum absolute atomic E-state index is 0.105. The number of anilines is 1. The Morgan fingerprint density at radius 3 is 2.56 bits per heavy atom. The van der Waals surface area contributed by atoms with E-state index in [9.17, 15) is 9.90 Å². The van der Waals surface area contributed by atoms with Crippen molar-refractivity contribution in [2.75, 3.05) is 12.3 Å². The molecule has 0 unspecified atom stereocenters. The normalized spacial score (nSPS) is 11.3. The van der Waals surface area contributed by atoms with Crippen LogP contribution in [0.1, 0.15) is 37.0 Å². The van der Waals surface area contributed by atoms with E-state index in [1.54, 1.807) is 12.1 Å². The van der Waals surface area contributed by atoms with E-state index in [0.29, 0.717) is 29.1 Å². The van der Waals surface area contributed by atoms with E-state index in [-0.39, 0.29) is 12.5 Å². The number of hydrogen-bond donors (Lipinski definition) is 3. The molecule has 1 aromatic rings. The Kier molecular flexibility index (Phi) is 4.99. The van der Waals surface area contributed by atoms with Crippen LogP contribution >= 0.6 is 11.6 Å². The second kappa shape index (κ2) is 6.07. The molecule has 18 heavy (non-hydrogen) atoms.